The Hall–Kier alpha value is -2.29. The Morgan fingerprint density at radius 1 is 1.18 bits per heavy atom. The molecule has 0 saturated carbocycles. The number of guanidine groups is 1. The van der Waals surface area contributed by atoms with Crippen molar-refractivity contribution in [1.29, 1.82) is 0 Å². The number of ether oxygens (including phenoxy) is 1. The highest BCUT2D eigenvalue weighted by molar-refractivity contribution is 5.89. The molecule has 0 spiro atoms. The number of rotatable bonds is 5. The Labute approximate surface area is 166 Å². The van der Waals surface area contributed by atoms with Gasteiger partial charge in [-0.3, -0.25) is 4.90 Å². The van der Waals surface area contributed by atoms with Crippen LogP contribution in [0.2, 0.25) is 0 Å². The molecule has 0 amide bonds. The number of morpholine rings is 1. The number of quaternary nitrogens is 2. The number of nitrogens with one attached hydrogen (secondary N) is 5. The molecule has 1 aromatic carbocycles. The van der Waals surface area contributed by atoms with Crippen LogP contribution in [0.3, 0.4) is 0 Å². The van der Waals surface area contributed by atoms with Crippen molar-refractivity contribution in [2.45, 2.75) is 20.3 Å². The van der Waals surface area contributed by atoms with Crippen molar-refractivity contribution in [2.75, 3.05) is 58.0 Å². The molecule has 4 rings (SSSR count). The third-order valence-corrected chi connectivity index (χ3v) is 5.66. The van der Waals surface area contributed by atoms with Crippen molar-refractivity contribution in [3.8, 4) is 0 Å². The molecule has 3 heterocycles. The number of hydrogen-bond acceptors (Lipinski definition) is 5. The van der Waals surface area contributed by atoms with Crippen LogP contribution in [0.25, 0.3) is 10.9 Å². The van der Waals surface area contributed by atoms with Gasteiger partial charge in [0.1, 0.15) is 26.2 Å². The van der Waals surface area contributed by atoms with E-state index in [1.165, 1.54) is 17.0 Å². The van der Waals surface area contributed by atoms with Crippen molar-refractivity contribution in [1.82, 2.24) is 15.3 Å². The van der Waals surface area contributed by atoms with E-state index in [1.54, 1.807) is 4.90 Å². The molecule has 1 aromatic heterocycles. The second-order valence-electron chi connectivity index (χ2n) is 7.66. The van der Waals surface area contributed by atoms with E-state index in [1.807, 2.05) is 6.92 Å². The highest BCUT2D eigenvalue weighted by Crippen LogP contribution is 2.19. The van der Waals surface area contributed by atoms with Crippen molar-refractivity contribution in [2.24, 2.45) is 0 Å². The van der Waals surface area contributed by atoms with Gasteiger partial charge in [0.15, 0.2) is 13.3 Å². The zero-order chi connectivity index (χ0) is 19.3. The predicted octanol–water partition coefficient (Wildman–Crippen LogP) is -3.33. The summed E-state index contributed by atoms with van der Waals surface area (Å²) in [6.45, 7) is 12.4. The van der Waals surface area contributed by atoms with E-state index in [0.717, 1.165) is 75.2 Å². The zero-order valence-electron chi connectivity index (χ0n) is 16.9. The van der Waals surface area contributed by atoms with Gasteiger partial charge in [0.2, 0.25) is 0 Å². The summed E-state index contributed by atoms with van der Waals surface area (Å²) in [6, 6.07) is 6.41. The molecule has 1 saturated heterocycles. The lowest BCUT2D eigenvalue weighted by Gasteiger charge is -2.26. The van der Waals surface area contributed by atoms with Gasteiger partial charge in [0, 0.05) is 5.39 Å². The van der Waals surface area contributed by atoms with Gasteiger partial charge in [-0.25, -0.2) is 20.6 Å². The first-order valence-corrected chi connectivity index (χ1v) is 10.3. The minimum atomic E-state index is 0.630. The fourth-order valence-electron chi connectivity index (χ4n) is 3.80. The number of anilines is 1. The highest BCUT2D eigenvalue weighted by Gasteiger charge is 2.23. The molecular formula is C20H32N7O+3. The van der Waals surface area contributed by atoms with Crippen molar-refractivity contribution < 1.29 is 19.5 Å². The quantitative estimate of drug-likeness (QED) is 0.371. The lowest BCUT2D eigenvalue weighted by Crippen LogP contribution is -3.27. The third-order valence-electron chi connectivity index (χ3n) is 5.66. The summed E-state index contributed by atoms with van der Waals surface area (Å²) in [5.41, 5.74) is 3.29. The molecule has 0 radical (unpaired) electrons. The molecule has 0 aliphatic carbocycles. The summed E-state index contributed by atoms with van der Waals surface area (Å²) < 4.78 is 5.43. The standard InChI is InChI=1S/C20H29N7O/c1-3-16-4-5-18-17(12-16)15(2)23-20(24-18)25-19-21-13-27(14-22-19)7-6-26-8-10-28-11-9-26/h4-5,12H,3,6-11,13-14H2,1-2H3,(H2,21,22,23,24,25)/p+3. The van der Waals surface area contributed by atoms with E-state index >= 15 is 0 Å². The summed E-state index contributed by atoms with van der Waals surface area (Å²) in [5.74, 6) is 1.51. The van der Waals surface area contributed by atoms with Crippen LogP contribution in [-0.2, 0) is 11.2 Å². The summed E-state index contributed by atoms with van der Waals surface area (Å²) in [4.78, 5) is 15.9. The number of nitrogens with zero attached hydrogens (tertiary/aromatic N) is 2. The topological polar surface area (TPSA) is 81.9 Å². The maximum absolute atomic E-state index is 5.43. The molecular weight excluding hydrogens is 354 g/mol. The second kappa shape index (κ2) is 8.81. The van der Waals surface area contributed by atoms with Crippen molar-refractivity contribution in [3.63, 3.8) is 0 Å². The van der Waals surface area contributed by atoms with Crippen LogP contribution in [0.1, 0.15) is 18.2 Å². The molecule has 1 fully saturated rings. The van der Waals surface area contributed by atoms with Gasteiger partial charge in [-0.2, -0.15) is 4.98 Å². The Kier molecular flexibility index (Phi) is 5.99. The highest BCUT2D eigenvalue weighted by atomic mass is 16.5. The molecule has 28 heavy (non-hydrogen) atoms. The van der Waals surface area contributed by atoms with Gasteiger partial charge in [0.25, 0.3) is 5.95 Å². The van der Waals surface area contributed by atoms with Crippen LogP contribution in [-0.4, -0.2) is 68.7 Å². The maximum Gasteiger partial charge on any atom is 0.359 e. The molecule has 8 heteroatoms. The fraction of sp³-hybridized carbons (Fsp3) is 0.550. The SMILES string of the molecule is CCc1ccc2nc(NC3=[NH+]C[NH+](CC[NH+]4CCOCC4)CN3)nc(C)c2c1. The molecule has 8 nitrogen and oxygen atoms in total. The monoisotopic (exact) mass is 386 g/mol. The molecule has 150 valence electrons. The number of hydrogen-bond donors (Lipinski definition) is 5. The average molecular weight is 387 g/mol. The molecule has 2 aromatic rings. The smallest absolute Gasteiger partial charge is 0.359 e. The number of benzene rings is 1. The first-order chi connectivity index (χ1) is 13.7. The normalized spacial score (nSPS) is 20.6. The van der Waals surface area contributed by atoms with Gasteiger partial charge in [-0.1, -0.05) is 13.0 Å². The minimum absolute atomic E-state index is 0.630. The summed E-state index contributed by atoms with van der Waals surface area (Å²) in [6.07, 6.45) is 1.02. The second-order valence-corrected chi connectivity index (χ2v) is 7.66. The molecule has 1 unspecified atom stereocenters. The number of aromatic nitrogens is 2. The zero-order valence-corrected chi connectivity index (χ0v) is 16.9. The maximum atomic E-state index is 5.43. The Morgan fingerprint density at radius 2 is 2.00 bits per heavy atom. The largest absolute Gasteiger partial charge is 0.370 e. The molecule has 1 atom stereocenters. The van der Waals surface area contributed by atoms with E-state index < -0.39 is 0 Å². The van der Waals surface area contributed by atoms with Gasteiger partial charge in [-0.15, -0.1) is 0 Å². The molecule has 2 aliphatic heterocycles. The van der Waals surface area contributed by atoms with E-state index in [0.29, 0.717) is 5.95 Å². The van der Waals surface area contributed by atoms with E-state index in [4.69, 9.17) is 4.74 Å². The van der Waals surface area contributed by atoms with E-state index in [-0.39, 0.29) is 0 Å². The van der Waals surface area contributed by atoms with Crippen LogP contribution >= 0.6 is 0 Å². The minimum Gasteiger partial charge on any atom is -0.370 e. The van der Waals surface area contributed by atoms with Crippen LogP contribution < -0.4 is 25.4 Å². The molecule has 5 N–H and O–H groups in total. The van der Waals surface area contributed by atoms with E-state index in [2.05, 4.69) is 50.7 Å². The van der Waals surface area contributed by atoms with Crippen LogP contribution in [0.15, 0.2) is 18.2 Å². The Morgan fingerprint density at radius 3 is 2.75 bits per heavy atom. The van der Waals surface area contributed by atoms with Crippen molar-refractivity contribution in [3.05, 3.63) is 29.5 Å². The van der Waals surface area contributed by atoms with Gasteiger partial charge < -0.3 is 9.64 Å². The lowest BCUT2D eigenvalue weighted by atomic mass is 10.1. The first-order valence-electron chi connectivity index (χ1n) is 10.3. The van der Waals surface area contributed by atoms with Crippen LogP contribution in [0, 0.1) is 6.92 Å². The predicted molar refractivity (Wildman–Crippen MR) is 108 cm³/mol. The fourth-order valence-corrected chi connectivity index (χ4v) is 3.80. The average Bonchev–Trinajstić information content (AvgIpc) is 2.74. The van der Waals surface area contributed by atoms with E-state index in [9.17, 15) is 0 Å². The number of fused-ring (bicyclic) bond motifs is 1. The molecule has 2 aliphatic rings. The van der Waals surface area contributed by atoms with Gasteiger partial charge >= 0.3 is 5.96 Å². The van der Waals surface area contributed by atoms with Crippen LogP contribution in [0.4, 0.5) is 5.95 Å². The third kappa shape index (κ3) is 4.57. The molecule has 0 bridgehead atoms. The Bertz CT molecular complexity index is 848. The van der Waals surface area contributed by atoms with Gasteiger partial charge in [-0.05, 0) is 31.0 Å². The lowest BCUT2D eigenvalue weighted by molar-refractivity contribution is -1.01. The summed E-state index contributed by atoms with van der Waals surface area (Å²) >= 11 is 0. The summed E-state index contributed by atoms with van der Waals surface area (Å²) in [7, 11) is 0. The van der Waals surface area contributed by atoms with Crippen LogP contribution in [0.5, 0.6) is 0 Å². The Balaban J connectivity index is 1.35. The summed E-state index contributed by atoms with van der Waals surface area (Å²) in [5, 5.41) is 7.87. The van der Waals surface area contributed by atoms with Crippen molar-refractivity contribution >= 4 is 22.8 Å². The first kappa shape index (κ1) is 19.0. The van der Waals surface area contributed by atoms with Gasteiger partial charge in [0.05, 0.1) is 24.4 Å². The number of aryl methyl sites for hydroxylation is 2.